The molecule has 20 heavy (non-hydrogen) atoms. The first-order chi connectivity index (χ1) is 8.58. The Kier molecular flexibility index (Phi) is 8.14. The molecule has 5 heteroatoms. The molecule has 0 N–H and O–H groups in total. The van der Waals surface area contributed by atoms with Crippen LogP contribution in [0.5, 0.6) is 0 Å². The summed E-state index contributed by atoms with van der Waals surface area (Å²) in [7, 11) is -1.76. The van der Waals surface area contributed by atoms with E-state index >= 15 is 0 Å². The Morgan fingerprint density at radius 3 is 2.30 bits per heavy atom. The minimum absolute atomic E-state index is 0. The molecule has 1 aliphatic carbocycles. The average molecular weight is 374 g/mol. The number of ether oxygens (including phenoxy) is 1. The van der Waals surface area contributed by atoms with Gasteiger partial charge in [0, 0.05) is 44.7 Å². The molecule has 115 valence electrons. The second kappa shape index (κ2) is 7.85. The zero-order valence-corrected chi connectivity index (χ0v) is 17.7. The molecular formula is C15H29O3SiY-. The van der Waals surface area contributed by atoms with Gasteiger partial charge >= 0.3 is 5.97 Å². The molecule has 1 aliphatic rings. The average Bonchev–Trinajstić information content (AvgIpc) is 2.57. The summed E-state index contributed by atoms with van der Waals surface area (Å²) in [5, 5.41) is 0.200. The van der Waals surface area contributed by atoms with Crippen LogP contribution >= 0.6 is 0 Å². The molecule has 1 unspecified atom stereocenters. The van der Waals surface area contributed by atoms with Gasteiger partial charge in [0.15, 0.2) is 8.32 Å². The summed E-state index contributed by atoms with van der Waals surface area (Å²) < 4.78 is 11.5. The van der Waals surface area contributed by atoms with E-state index in [1.807, 2.05) is 6.92 Å². The second-order valence-corrected chi connectivity index (χ2v) is 11.8. The number of carbonyl (C=O) groups is 1. The number of hydrogen-bond donors (Lipinski definition) is 0. The van der Waals surface area contributed by atoms with Gasteiger partial charge in [0.2, 0.25) is 0 Å². The maximum Gasteiger partial charge on any atom is 0.306 e. The first-order valence-electron chi connectivity index (χ1n) is 7.26. The van der Waals surface area contributed by atoms with Crippen molar-refractivity contribution in [1.82, 2.24) is 0 Å². The van der Waals surface area contributed by atoms with E-state index in [1.54, 1.807) is 0 Å². The van der Waals surface area contributed by atoms with E-state index in [-0.39, 0.29) is 61.7 Å². The van der Waals surface area contributed by atoms with Crippen LogP contribution in [0.2, 0.25) is 18.1 Å². The van der Waals surface area contributed by atoms with E-state index in [0.717, 1.165) is 12.8 Å². The molecule has 0 aromatic carbocycles. The monoisotopic (exact) mass is 374 g/mol. The predicted molar refractivity (Wildman–Crippen MR) is 80.3 cm³/mol. The summed E-state index contributed by atoms with van der Waals surface area (Å²) >= 11 is 0. The molecule has 0 spiro atoms. The number of hydrogen-bond acceptors (Lipinski definition) is 3. The minimum Gasteiger partial charge on any atom is -0.466 e. The SMILES string of the molecule is [CH2-][C@@H]1CC(O[Si](C)(C)C(C)(C)C)C[C@H]1C(=O)OCC.[Y]. The zero-order valence-electron chi connectivity index (χ0n) is 13.9. The van der Waals surface area contributed by atoms with E-state index in [4.69, 9.17) is 9.16 Å². The van der Waals surface area contributed by atoms with Gasteiger partial charge in [-0.15, -0.1) is 0 Å². The number of rotatable bonds is 4. The molecule has 0 aromatic rings. The maximum absolute atomic E-state index is 11.9. The Bertz CT molecular complexity index is 326. The minimum atomic E-state index is -1.76. The third-order valence-corrected chi connectivity index (χ3v) is 9.04. The molecule has 3 nitrogen and oxygen atoms in total. The van der Waals surface area contributed by atoms with Crippen LogP contribution < -0.4 is 0 Å². The molecule has 0 bridgehead atoms. The standard InChI is InChI=1S/C15H29O3Si.Y/c1-8-17-14(16)13-10-12(9-11(13)2)18-19(6,7)15(3,4)5;/h11-13H,2,8-10H2,1,3-7H3;/q-1;/t11-,12?,13-;/m1./s1. The van der Waals surface area contributed by atoms with E-state index in [9.17, 15) is 4.79 Å². The molecule has 1 fully saturated rings. The van der Waals surface area contributed by atoms with E-state index in [2.05, 4.69) is 40.8 Å². The maximum atomic E-state index is 11.9. The van der Waals surface area contributed by atoms with Crippen molar-refractivity contribution >= 4 is 14.3 Å². The van der Waals surface area contributed by atoms with Gasteiger partial charge in [-0.2, -0.15) is 5.92 Å². The summed E-state index contributed by atoms with van der Waals surface area (Å²) in [4.78, 5) is 11.9. The molecule has 1 rings (SSSR count). The Hall–Kier alpha value is 0.751. The van der Waals surface area contributed by atoms with Crippen LogP contribution in [-0.2, 0) is 46.7 Å². The Morgan fingerprint density at radius 2 is 1.85 bits per heavy atom. The fourth-order valence-electron chi connectivity index (χ4n) is 2.30. The van der Waals surface area contributed by atoms with Crippen molar-refractivity contribution in [2.24, 2.45) is 11.8 Å². The van der Waals surface area contributed by atoms with Crippen LogP contribution in [0.4, 0.5) is 0 Å². The summed E-state index contributed by atoms with van der Waals surface area (Å²) in [6.07, 6.45) is 1.80. The molecule has 1 saturated carbocycles. The summed E-state index contributed by atoms with van der Waals surface area (Å²) in [6.45, 7) is 17.6. The largest absolute Gasteiger partial charge is 0.466 e. The summed E-state index contributed by atoms with van der Waals surface area (Å²) in [5.74, 6) is -0.0765. The van der Waals surface area contributed by atoms with Crippen LogP contribution in [0.25, 0.3) is 0 Å². The molecule has 0 amide bonds. The summed E-state index contributed by atoms with van der Waals surface area (Å²) in [6, 6.07) is 0. The van der Waals surface area contributed by atoms with Crippen LogP contribution in [0, 0.1) is 18.8 Å². The molecule has 0 saturated heterocycles. The molecular weight excluding hydrogens is 345 g/mol. The summed E-state index contributed by atoms with van der Waals surface area (Å²) in [5.41, 5.74) is 0. The Labute approximate surface area is 150 Å². The van der Waals surface area contributed by atoms with E-state index in [0.29, 0.717) is 6.61 Å². The van der Waals surface area contributed by atoms with E-state index < -0.39 is 8.32 Å². The van der Waals surface area contributed by atoms with Gasteiger partial charge in [0.05, 0.1) is 6.61 Å². The fourth-order valence-corrected chi connectivity index (χ4v) is 3.68. The molecule has 0 heterocycles. The number of carbonyl (C=O) groups excluding carboxylic acids is 1. The molecule has 0 aromatic heterocycles. The quantitative estimate of drug-likeness (QED) is 0.427. The zero-order chi connectivity index (χ0) is 14.8. The van der Waals surface area contributed by atoms with Gasteiger partial charge in [-0.1, -0.05) is 27.2 Å². The van der Waals surface area contributed by atoms with Crippen LogP contribution in [0.3, 0.4) is 0 Å². The first kappa shape index (κ1) is 20.8. The molecule has 1 radical (unpaired) electrons. The van der Waals surface area contributed by atoms with Gasteiger partial charge in [-0.05, 0) is 31.5 Å². The van der Waals surface area contributed by atoms with Crippen LogP contribution in [-0.4, -0.2) is 27.0 Å². The van der Waals surface area contributed by atoms with Gasteiger partial charge in [0.1, 0.15) is 0 Å². The normalized spacial score (nSPS) is 27.1. The Balaban J connectivity index is 0.00000361. The van der Waals surface area contributed by atoms with Crippen LogP contribution in [0.15, 0.2) is 0 Å². The van der Waals surface area contributed by atoms with Crippen molar-refractivity contribution < 1.29 is 46.7 Å². The van der Waals surface area contributed by atoms with Gasteiger partial charge in [0.25, 0.3) is 0 Å². The van der Waals surface area contributed by atoms with Crippen molar-refractivity contribution in [2.75, 3.05) is 6.61 Å². The molecule has 3 atom stereocenters. The second-order valence-electron chi connectivity index (χ2n) is 7.09. The topological polar surface area (TPSA) is 35.5 Å². The van der Waals surface area contributed by atoms with Crippen molar-refractivity contribution in [1.29, 1.82) is 0 Å². The van der Waals surface area contributed by atoms with Crippen molar-refractivity contribution in [3.8, 4) is 0 Å². The number of esters is 1. The smallest absolute Gasteiger partial charge is 0.306 e. The molecule has 0 aliphatic heterocycles. The fraction of sp³-hybridized carbons (Fsp3) is 0.867. The van der Waals surface area contributed by atoms with Crippen molar-refractivity contribution in [3.05, 3.63) is 6.92 Å². The van der Waals surface area contributed by atoms with Crippen molar-refractivity contribution in [3.63, 3.8) is 0 Å². The van der Waals surface area contributed by atoms with E-state index in [1.165, 1.54) is 0 Å². The first-order valence-corrected chi connectivity index (χ1v) is 10.2. The van der Waals surface area contributed by atoms with Gasteiger partial charge in [-0.3, -0.25) is 4.79 Å². The van der Waals surface area contributed by atoms with Crippen molar-refractivity contribution in [2.45, 2.75) is 64.8 Å². The van der Waals surface area contributed by atoms with Gasteiger partial charge in [-0.25, -0.2) is 0 Å². The predicted octanol–water partition coefficient (Wildman–Crippen LogP) is 3.80. The van der Waals surface area contributed by atoms with Gasteiger partial charge < -0.3 is 16.1 Å². The third-order valence-electron chi connectivity index (χ3n) is 4.51. The van der Waals surface area contributed by atoms with Crippen LogP contribution in [0.1, 0.15) is 40.5 Å². The Morgan fingerprint density at radius 1 is 1.30 bits per heavy atom. The third kappa shape index (κ3) is 5.19.